The summed E-state index contributed by atoms with van der Waals surface area (Å²) in [5.74, 6) is -3.27. The molecule has 0 unspecified atom stereocenters. The van der Waals surface area contributed by atoms with Crippen LogP contribution in [0.2, 0.25) is 0 Å². The van der Waals surface area contributed by atoms with E-state index in [4.69, 9.17) is 33.2 Å². The largest absolute Gasteiger partial charge is 0.463 e. The average molecular weight is 510 g/mol. The van der Waals surface area contributed by atoms with Crippen molar-refractivity contribution in [1.82, 2.24) is 0 Å². The molecule has 0 spiro atoms. The molecule has 2 rings (SSSR count). The molecule has 2 fully saturated rings. The summed E-state index contributed by atoms with van der Waals surface area (Å²) in [4.78, 5) is 46.8. The summed E-state index contributed by atoms with van der Waals surface area (Å²) in [6.45, 7) is 2.97. The molecule has 0 aliphatic carbocycles. The van der Waals surface area contributed by atoms with Gasteiger partial charge in [0.2, 0.25) is 0 Å². The van der Waals surface area contributed by atoms with E-state index in [0.717, 1.165) is 27.7 Å². The summed E-state index contributed by atoms with van der Waals surface area (Å²) in [7, 11) is 0. The number of carbonyl (C=O) groups is 4. The van der Waals surface area contributed by atoms with Crippen molar-refractivity contribution in [1.29, 1.82) is 0 Å². The van der Waals surface area contributed by atoms with E-state index in [1.54, 1.807) is 0 Å². The predicted octanol–water partition coefficient (Wildman–Crippen LogP) is -3.11. The van der Waals surface area contributed by atoms with Crippen molar-refractivity contribution in [2.24, 2.45) is 0 Å². The zero-order chi connectivity index (χ0) is 26.4. The van der Waals surface area contributed by atoms with Crippen molar-refractivity contribution in [3.63, 3.8) is 0 Å². The molecular formula is C20H30O15. The number of ether oxygens (including phenoxy) is 7. The first kappa shape index (κ1) is 28.8. The minimum absolute atomic E-state index is 0.508. The van der Waals surface area contributed by atoms with E-state index >= 15 is 0 Å². The number of aliphatic hydroxyl groups is 4. The summed E-state index contributed by atoms with van der Waals surface area (Å²) in [5, 5.41) is 39.7. The maximum atomic E-state index is 11.8. The Bertz CT molecular complexity index is 770. The molecule has 0 aromatic carbocycles. The topological polar surface area (TPSA) is 214 Å². The second-order valence-corrected chi connectivity index (χ2v) is 7.90. The zero-order valence-electron chi connectivity index (χ0n) is 19.5. The highest BCUT2D eigenvalue weighted by molar-refractivity contribution is 5.68. The van der Waals surface area contributed by atoms with Gasteiger partial charge in [0.15, 0.2) is 30.9 Å². The highest BCUT2D eigenvalue weighted by Gasteiger charge is 2.55. The molecule has 0 amide bonds. The number of hydrogen-bond acceptors (Lipinski definition) is 15. The second-order valence-electron chi connectivity index (χ2n) is 7.90. The number of aliphatic hydroxyl groups excluding tert-OH is 4. The first-order chi connectivity index (χ1) is 16.3. The third-order valence-electron chi connectivity index (χ3n) is 5.08. The van der Waals surface area contributed by atoms with Crippen molar-refractivity contribution in [2.75, 3.05) is 13.2 Å². The SMILES string of the molecule is CC(=O)OC[C@H]1O[C@@H](O[C@H]2[C@H](O)[C@@H](O)[C@H](O)O[C@@H]2CO)[C@H](OC(C)=O)[C@@H](OC(C)=O)[C@@H]1OC(C)=O. The molecule has 0 saturated carbocycles. The first-order valence-electron chi connectivity index (χ1n) is 10.6. The molecule has 2 aliphatic heterocycles. The van der Waals surface area contributed by atoms with Crippen LogP contribution in [-0.4, -0.2) is 119 Å². The lowest BCUT2D eigenvalue weighted by molar-refractivity contribution is -0.356. The van der Waals surface area contributed by atoms with Crippen molar-refractivity contribution in [2.45, 2.75) is 89.1 Å². The third-order valence-corrected chi connectivity index (χ3v) is 5.08. The van der Waals surface area contributed by atoms with Crippen LogP contribution in [0.4, 0.5) is 0 Å². The van der Waals surface area contributed by atoms with Crippen LogP contribution in [0.1, 0.15) is 27.7 Å². The first-order valence-corrected chi connectivity index (χ1v) is 10.6. The monoisotopic (exact) mass is 510 g/mol. The number of carbonyl (C=O) groups excluding carboxylic acids is 4. The van der Waals surface area contributed by atoms with E-state index in [0.29, 0.717) is 0 Å². The molecule has 10 atom stereocenters. The summed E-state index contributed by atoms with van der Waals surface area (Å²) in [5.41, 5.74) is 0. The molecule has 0 aromatic heterocycles. The number of hydrogen-bond donors (Lipinski definition) is 4. The van der Waals surface area contributed by atoms with E-state index in [1.165, 1.54) is 0 Å². The van der Waals surface area contributed by atoms with Crippen LogP contribution in [-0.2, 0) is 52.3 Å². The van der Waals surface area contributed by atoms with Crippen LogP contribution < -0.4 is 0 Å². The highest BCUT2D eigenvalue weighted by atomic mass is 16.8. The van der Waals surface area contributed by atoms with Gasteiger partial charge in [-0.15, -0.1) is 0 Å². The van der Waals surface area contributed by atoms with Gasteiger partial charge < -0.3 is 53.6 Å². The average Bonchev–Trinajstić information content (AvgIpc) is 2.75. The molecule has 0 aromatic rings. The second kappa shape index (κ2) is 12.5. The molecule has 15 nitrogen and oxygen atoms in total. The fourth-order valence-corrected chi connectivity index (χ4v) is 3.69. The molecule has 2 heterocycles. The molecule has 2 aliphatic rings. The zero-order valence-corrected chi connectivity index (χ0v) is 19.5. The van der Waals surface area contributed by atoms with Crippen LogP contribution in [0.3, 0.4) is 0 Å². The van der Waals surface area contributed by atoms with Gasteiger partial charge in [-0.05, 0) is 0 Å². The quantitative estimate of drug-likeness (QED) is 0.188. The van der Waals surface area contributed by atoms with E-state index in [2.05, 4.69) is 0 Å². The Labute approximate surface area is 199 Å². The minimum Gasteiger partial charge on any atom is -0.463 e. The van der Waals surface area contributed by atoms with E-state index in [-0.39, 0.29) is 0 Å². The van der Waals surface area contributed by atoms with Gasteiger partial charge in [-0.2, -0.15) is 0 Å². The lowest BCUT2D eigenvalue weighted by Gasteiger charge is -2.47. The maximum absolute atomic E-state index is 11.8. The van der Waals surface area contributed by atoms with Crippen molar-refractivity contribution in [3.05, 3.63) is 0 Å². The molecule has 2 saturated heterocycles. The Balaban J connectivity index is 2.46. The van der Waals surface area contributed by atoms with Gasteiger partial charge in [0.05, 0.1) is 6.61 Å². The van der Waals surface area contributed by atoms with Gasteiger partial charge >= 0.3 is 23.9 Å². The van der Waals surface area contributed by atoms with Crippen LogP contribution in [0, 0.1) is 0 Å². The Morgan fingerprint density at radius 2 is 1.23 bits per heavy atom. The summed E-state index contributed by atoms with van der Waals surface area (Å²) >= 11 is 0. The van der Waals surface area contributed by atoms with Crippen LogP contribution in [0.15, 0.2) is 0 Å². The highest BCUT2D eigenvalue weighted by Crippen LogP contribution is 2.33. The summed E-state index contributed by atoms with van der Waals surface area (Å²) in [6, 6.07) is 0. The third kappa shape index (κ3) is 7.54. The van der Waals surface area contributed by atoms with Gasteiger partial charge in [-0.1, -0.05) is 0 Å². The number of rotatable bonds is 8. The maximum Gasteiger partial charge on any atom is 0.303 e. The summed E-state index contributed by atoms with van der Waals surface area (Å²) < 4.78 is 37.2. The van der Waals surface area contributed by atoms with E-state index in [9.17, 15) is 39.6 Å². The molecule has 0 radical (unpaired) electrons. The Kier molecular flexibility index (Phi) is 10.3. The van der Waals surface area contributed by atoms with E-state index < -0.39 is 98.5 Å². The normalized spacial score (nSPS) is 37.1. The summed E-state index contributed by atoms with van der Waals surface area (Å²) in [6.07, 6.45) is -15.9. The van der Waals surface area contributed by atoms with E-state index in [1.807, 2.05) is 0 Å². The van der Waals surface area contributed by atoms with Gasteiger partial charge in [-0.3, -0.25) is 19.2 Å². The Morgan fingerprint density at radius 1 is 0.686 bits per heavy atom. The molecular weight excluding hydrogens is 480 g/mol. The number of esters is 4. The fraction of sp³-hybridized carbons (Fsp3) is 0.800. The lowest BCUT2D eigenvalue weighted by Crippen LogP contribution is -2.66. The van der Waals surface area contributed by atoms with Gasteiger partial charge in [0, 0.05) is 27.7 Å². The van der Waals surface area contributed by atoms with Gasteiger partial charge in [-0.25, -0.2) is 0 Å². The molecule has 200 valence electrons. The fourth-order valence-electron chi connectivity index (χ4n) is 3.69. The standard InChI is InChI=1S/C20H30O15/c1-7(22)29-6-12-16(30-8(2)23)17(31-9(3)24)18(32-10(4)25)20(34-12)35-15-11(5-21)33-19(28)14(27)13(15)26/h11-21,26-28H,5-6H2,1-4H3/t11-,12-,13-,14-,15-,16-,17+,18-,19-,20+/m1/s1. The van der Waals surface area contributed by atoms with Crippen molar-refractivity contribution in [3.8, 4) is 0 Å². The van der Waals surface area contributed by atoms with Crippen LogP contribution in [0.5, 0.6) is 0 Å². The van der Waals surface area contributed by atoms with Crippen LogP contribution in [0.25, 0.3) is 0 Å². The molecule has 15 heteroatoms. The van der Waals surface area contributed by atoms with Gasteiger partial charge in [0.25, 0.3) is 0 Å². The van der Waals surface area contributed by atoms with Crippen molar-refractivity contribution < 1.29 is 72.8 Å². The van der Waals surface area contributed by atoms with Crippen LogP contribution >= 0.6 is 0 Å². The molecule has 35 heavy (non-hydrogen) atoms. The minimum atomic E-state index is -1.84. The Morgan fingerprint density at radius 3 is 1.74 bits per heavy atom. The van der Waals surface area contributed by atoms with Crippen molar-refractivity contribution >= 4 is 23.9 Å². The molecule has 4 N–H and O–H groups in total. The lowest BCUT2D eigenvalue weighted by atomic mass is 9.96. The predicted molar refractivity (Wildman–Crippen MR) is 107 cm³/mol. The smallest absolute Gasteiger partial charge is 0.303 e. The van der Waals surface area contributed by atoms with Gasteiger partial charge in [0.1, 0.15) is 37.1 Å². The molecule has 0 bridgehead atoms. The Hall–Kier alpha value is -2.40.